The van der Waals surface area contributed by atoms with Crippen LogP contribution in [0.25, 0.3) is 22.6 Å². The van der Waals surface area contributed by atoms with E-state index in [9.17, 15) is 4.79 Å². The highest BCUT2D eigenvalue weighted by Crippen LogP contribution is 2.37. The van der Waals surface area contributed by atoms with Gasteiger partial charge >= 0.3 is 5.97 Å². The molecular formula is C30H32ClN5O3. The molecule has 0 bridgehead atoms. The number of esters is 1. The second-order valence-electron chi connectivity index (χ2n) is 9.90. The van der Waals surface area contributed by atoms with Gasteiger partial charge in [0.25, 0.3) is 0 Å². The number of carbonyl (C=O) groups is 1. The molecule has 0 aliphatic heterocycles. The van der Waals surface area contributed by atoms with Crippen molar-refractivity contribution in [2.24, 2.45) is 5.92 Å². The minimum absolute atomic E-state index is 0.0371. The zero-order valence-corrected chi connectivity index (χ0v) is 23.2. The van der Waals surface area contributed by atoms with Gasteiger partial charge in [0.15, 0.2) is 11.5 Å². The van der Waals surface area contributed by atoms with E-state index < -0.39 is 5.97 Å². The molecule has 1 atom stereocenters. The van der Waals surface area contributed by atoms with Crippen LogP contribution in [0.2, 0.25) is 5.02 Å². The first-order valence-corrected chi connectivity index (χ1v) is 13.5. The highest BCUT2D eigenvalue weighted by molar-refractivity contribution is 6.30. The standard InChI is InChI=1S/C30H32ClN5O3/c1-5-6-15-39-24-14-7-18(2)16-23(24)29-35-27-25(36(29)17-20-8-12-22(31)13-9-20)26(32-19(3)21-10-11-21)33-28(34-27)30(37)38-4/h5,7-9,12-14,16,19,21H,1,6,10-11,15,17H2,2-4H3,(H,32,33,34). The maximum absolute atomic E-state index is 12.5. The van der Waals surface area contributed by atoms with Gasteiger partial charge in [-0.15, -0.1) is 6.58 Å². The lowest BCUT2D eigenvalue weighted by Crippen LogP contribution is -2.21. The van der Waals surface area contributed by atoms with E-state index in [0.717, 1.165) is 36.0 Å². The maximum Gasteiger partial charge on any atom is 0.376 e. The van der Waals surface area contributed by atoms with E-state index in [1.54, 1.807) is 0 Å². The zero-order chi connectivity index (χ0) is 27.5. The fraction of sp³-hybridized carbons (Fsp3) is 0.333. The number of benzene rings is 2. The number of imidazole rings is 1. The van der Waals surface area contributed by atoms with Crippen molar-refractivity contribution in [1.82, 2.24) is 19.5 Å². The molecule has 2 aromatic carbocycles. The van der Waals surface area contributed by atoms with Crippen molar-refractivity contribution in [3.05, 3.63) is 77.1 Å². The van der Waals surface area contributed by atoms with Crippen molar-refractivity contribution in [3.63, 3.8) is 0 Å². The lowest BCUT2D eigenvalue weighted by molar-refractivity contribution is 0.0587. The van der Waals surface area contributed by atoms with Gasteiger partial charge in [0, 0.05) is 17.6 Å². The average molecular weight is 546 g/mol. The van der Waals surface area contributed by atoms with Crippen LogP contribution < -0.4 is 10.1 Å². The lowest BCUT2D eigenvalue weighted by Gasteiger charge is -2.18. The molecule has 1 aliphatic carbocycles. The lowest BCUT2D eigenvalue weighted by atomic mass is 10.1. The number of rotatable bonds is 11. The Balaban J connectivity index is 1.74. The summed E-state index contributed by atoms with van der Waals surface area (Å²) in [6.45, 7) is 8.94. The van der Waals surface area contributed by atoms with Crippen LogP contribution in [0.5, 0.6) is 5.75 Å². The van der Waals surface area contributed by atoms with Gasteiger partial charge in [-0.25, -0.2) is 19.7 Å². The molecule has 0 saturated heterocycles. The Bertz CT molecular complexity index is 1510. The van der Waals surface area contributed by atoms with E-state index in [-0.39, 0.29) is 11.9 Å². The summed E-state index contributed by atoms with van der Waals surface area (Å²) in [7, 11) is 1.32. The maximum atomic E-state index is 12.5. The molecule has 2 heterocycles. The molecule has 202 valence electrons. The number of hydrogen-bond donors (Lipinski definition) is 1. The third kappa shape index (κ3) is 5.91. The van der Waals surface area contributed by atoms with Crippen molar-refractivity contribution < 1.29 is 14.3 Å². The minimum atomic E-state index is -0.614. The highest BCUT2D eigenvalue weighted by atomic mass is 35.5. The second kappa shape index (κ2) is 11.5. The molecule has 0 spiro atoms. The molecule has 39 heavy (non-hydrogen) atoms. The first-order chi connectivity index (χ1) is 18.9. The number of aromatic nitrogens is 4. The number of aryl methyl sites for hydroxylation is 1. The van der Waals surface area contributed by atoms with Crippen LogP contribution in [0.3, 0.4) is 0 Å². The van der Waals surface area contributed by atoms with Crippen LogP contribution in [-0.2, 0) is 11.3 Å². The molecule has 5 rings (SSSR count). The van der Waals surface area contributed by atoms with Crippen LogP contribution in [0.1, 0.15) is 47.9 Å². The molecule has 0 radical (unpaired) electrons. The van der Waals surface area contributed by atoms with Crippen molar-refractivity contribution >= 4 is 34.6 Å². The predicted octanol–water partition coefficient (Wildman–Crippen LogP) is 6.46. The van der Waals surface area contributed by atoms with Gasteiger partial charge in [0.1, 0.15) is 17.1 Å². The molecule has 1 unspecified atom stereocenters. The number of fused-ring (bicyclic) bond motifs is 1. The van der Waals surface area contributed by atoms with Crippen molar-refractivity contribution in [2.45, 2.75) is 45.7 Å². The predicted molar refractivity (Wildman–Crippen MR) is 154 cm³/mol. The normalized spacial score (nSPS) is 13.7. The van der Waals surface area contributed by atoms with Gasteiger partial charge in [0.05, 0.1) is 19.3 Å². The summed E-state index contributed by atoms with van der Waals surface area (Å²) in [6.07, 6.45) is 4.87. The number of hydrogen-bond acceptors (Lipinski definition) is 7. The molecule has 1 aliphatic rings. The second-order valence-corrected chi connectivity index (χ2v) is 10.3. The van der Waals surface area contributed by atoms with Crippen molar-refractivity contribution in [2.75, 3.05) is 19.0 Å². The molecule has 8 nitrogen and oxygen atoms in total. The van der Waals surface area contributed by atoms with Gasteiger partial charge in [-0.1, -0.05) is 41.4 Å². The van der Waals surface area contributed by atoms with Crippen molar-refractivity contribution in [1.29, 1.82) is 0 Å². The van der Waals surface area contributed by atoms with E-state index in [1.807, 2.05) is 49.4 Å². The van der Waals surface area contributed by atoms with E-state index >= 15 is 0 Å². The first-order valence-electron chi connectivity index (χ1n) is 13.1. The number of halogens is 1. The topological polar surface area (TPSA) is 91.2 Å². The minimum Gasteiger partial charge on any atom is -0.493 e. The molecular weight excluding hydrogens is 514 g/mol. The fourth-order valence-electron chi connectivity index (χ4n) is 4.58. The number of nitrogens with zero attached hydrogens (tertiary/aromatic N) is 4. The number of ether oxygens (including phenoxy) is 2. The molecule has 4 aromatic rings. The number of methoxy groups -OCH3 is 1. The van der Waals surface area contributed by atoms with Crippen LogP contribution in [0.4, 0.5) is 5.82 Å². The molecule has 0 amide bonds. The fourth-order valence-corrected chi connectivity index (χ4v) is 4.70. The molecule has 1 N–H and O–H groups in total. The third-order valence-corrected chi connectivity index (χ3v) is 7.13. The number of nitrogens with one attached hydrogen (secondary N) is 1. The summed E-state index contributed by atoms with van der Waals surface area (Å²) in [5.41, 5.74) is 4.03. The van der Waals surface area contributed by atoms with E-state index in [0.29, 0.717) is 52.6 Å². The quantitative estimate of drug-likeness (QED) is 0.131. The summed E-state index contributed by atoms with van der Waals surface area (Å²) >= 11 is 6.18. The van der Waals surface area contributed by atoms with Crippen LogP contribution >= 0.6 is 11.6 Å². The Hall–Kier alpha value is -3.91. The first kappa shape index (κ1) is 26.7. The summed E-state index contributed by atoms with van der Waals surface area (Å²) in [4.78, 5) is 26.6. The smallest absolute Gasteiger partial charge is 0.376 e. The SMILES string of the molecule is C=CCCOc1ccc(C)cc1-c1nc2nc(C(=O)OC)nc(NC(C)C3CC3)c2n1Cc1ccc(Cl)cc1. The third-order valence-electron chi connectivity index (χ3n) is 6.87. The van der Waals surface area contributed by atoms with Gasteiger partial charge in [-0.05, 0) is 68.9 Å². The Morgan fingerprint density at radius 2 is 1.97 bits per heavy atom. The zero-order valence-electron chi connectivity index (χ0n) is 22.4. The van der Waals surface area contributed by atoms with Crippen LogP contribution in [0, 0.1) is 12.8 Å². The summed E-state index contributed by atoms with van der Waals surface area (Å²) < 4.78 is 13.2. The molecule has 1 fully saturated rings. The number of carbonyl (C=O) groups excluding carboxylic acids is 1. The van der Waals surface area contributed by atoms with E-state index in [4.69, 9.17) is 26.1 Å². The summed E-state index contributed by atoms with van der Waals surface area (Å²) in [6, 6.07) is 13.9. The average Bonchev–Trinajstić information content (AvgIpc) is 3.72. The van der Waals surface area contributed by atoms with Crippen LogP contribution in [0.15, 0.2) is 55.1 Å². The van der Waals surface area contributed by atoms with Gasteiger partial charge in [0.2, 0.25) is 5.82 Å². The number of anilines is 1. The molecule has 9 heteroatoms. The van der Waals surface area contributed by atoms with E-state index in [2.05, 4.69) is 39.4 Å². The summed E-state index contributed by atoms with van der Waals surface area (Å²) in [5, 5.41) is 4.22. The summed E-state index contributed by atoms with van der Waals surface area (Å²) in [5.74, 6) is 1.83. The molecule has 1 saturated carbocycles. The van der Waals surface area contributed by atoms with Gasteiger partial charge in [-0.3, -0.25) is 0 Å². The Kier molecular flexibility index (Phi) is 7.84. The Morgan fingerprint density at radius 1 is 1.21 bits per heavy atom. The monoisotopic (exact) mass is 545 g/mol. The molecule has 2 aromatic heterocycles. The van der Waals surface area contributed by atoms with Crippen LogP contribution in [-0.4, -0.2) is 45.2 Å². The Labute approximate surface area is 233 Å². The van der Waals surface area contributed by atoms with Crippen molar-refractivity contribution in [3.8, 4) is 17.1 Å². The van der Waals surface area contributed by atoms with E-state index in [1.165, 1.54) is 7.11 Å². The highest BCUT2D eigenvalue weighted by Gasteiger charge is 2.30. The largest absolute Gasteiger partial charge is 0.493 e. The Morgan fingerprint density at radius 3 is 2.67 bits per heavy atom. The van der Waals surface area contributed by atoms with Gasteiger partial charge < -0.3 is 19.4 Å². The van der Waals surface area contributed by atoms with Gasteiger partial charge in [-0.2, -0.15) is 0 Å².